The molecule has 4 nitrogen and oxygen atoms in total. The smallest absolute Gasteiger partial charge is 0.305 e. The van der Waals surface area contributed by atoms with Crippen LogP contribution in [0, 0.1) is 6.92 Å². The van der Waals surface area contributed by atoms with Crippen LogP contribution in [0.25, 0.3) is 0 Å². The van der Waals surface area contributed by atoms with Crippen LogP contribution in [0.2, 0.25) is 0 Å². The van der Waals surface area contributed by atoms with Crippen LogP contribution in [0.5, 0.6) is 0 Å². The summed E-state index contributed by atoms with van der Waals surface area (Å²) in [6, 6.07) is 5.08. The van der Waals surface area contributed by atoms with E-state index in [1.54, 1.807) is 6.07 Å². The fraction of sp³-hybridized carbons (Fsp3) is 0.385. The number of nitrogens with one attached hydrogen (secondary N) is 1. The molecule has 0 saturated carbocycles. The second-order valence-corrected chi connectivity index (χ2v) is 5.01. The second kappa shape index (κ2) is 6.54. The fourth-order valence-electron chi connectivity index (χ4n) is 1.58. The molecule has 5 heteroatoms. The molecular weight excluding hydrogens is 298 g/mol. The van der Waals surface area contributed by atoms with Gasteiger partial charge in [-0.25, -0.2) is 0 Å². The van der Waals surface area contributed by atoms with E-state index in [2.05, 4.69) is 21.2 Å². The van der Waals surface area contributed by atoms with E-state index in [1.165, 1.54) is 0 Å². The summed E-state index contributed by atoms with van der Waals surface area (Å²) in [4.78, 5) is 22.6. The molecule has 0 saturated heterocycles. The van der Waals surface area contributed by atoms with Gasteiger partial charge in [0.2, 0.25) is 0 Å². The number of halogens is 1. The van der Waals surface area contributed by atoms with Crippen LogP contribution in [0.4, 0.5) is 0 Å². The minimum absolute atomic E-state index is 0.0638. The lowest BCUT2D eigenvalue weighted by atomic mass is 10.1. The van der Waals surface area contributed by atoms with Gasteiger partial charge in [-0.1, -0.05) is 13.0 Å². The van der Waals surface area contributed by atoms with Crippen molar-refractivity contribution in [2.75, 3.05) is 0 Å². The van der Waals surface area contributed by atoms with Gasteiger partial charge < -0.3 is 10.4 Å². The maximum absolute atomic E-state index is 12.0. The van der Waals surface area contributed by atoms with Gasteiger partial charge in [0.05, 0.1) is 12.0 Å². The molecule has 1 rings (SSSR count). The third-order valence-electron chi connectivity index (χ3n) is 2.62. The Bertz CT molecular complexity index is 460. The first-order valence-electron chi connectivity index (χ1n) is 5.72. The van der Waals surface area contributed by atoms with Crippen molar-refractivity contribution < 1.29 is 14.7 Å². The number of amides is 1. The van der Waals surface area contributed by atoms with Crippen molar-refractivity contribution in [3.05, 3.63) is 33.8 Å². The molecule has 1 atom stereocenters. The van der Waals surface area contributed by atoms with Crippen molar-refractivity contribution in [1.82, 2.24) is 5.32 Å². The maximum atomic E-state index is 12.0. The molecule has 1 unspecified atom stereocenters. The Hall–Kier alpha value is -1.36. The van der Waals surface area contributed by atoms with Crippen molar-refractivity contribution in [1.29, 1.82) is 0 Å². The van der Waals surface area contributed by atoms with Gasteiger partial charge in [0, 0.05) is 10.5 Å². The van der Waals surface area contributed by atoms with Gasteiger partial charge in [-0.2, -0.15) is 0 Å². The number of rotatable bonds is 5. The molecule has 0 aliphatic heterocycles. The zero-order valence-corrected chi connectivity index (χ0v) is 12.0. The van der Waals surface area contributed by atoms with Crippen molar-refractivity contribution in [2.45, 2.75) is 32.7 Å². The summed E-state index contributed by atoms with van der Waals surface area (Å²) in [7, 11) is 0. The number of carboxylic acid groups (broad SMARTS) is 1. The molecule has 0 aliphatic carbocycles. The molecule has 0 bridgehead atoms. The third kappa shape index (κ3) is 4.14. The molecule has 1 amide bonds. The van der Waals surface area contributed by atoms with Crippen LogP contribution in [0.1, 0.15) is 35.7 Å². The van der Waals surface area contributed by atoms with Gasteiger partial charge in [-0.3, -0.25) is 9.59 Å². The zero-order valence-electron chi connectivity index (χ0n) is 10.4. The largest absolute Gasteiger partial charge is 0.481 e. The maximum Gasteiger partial charge on any atom is 0.305 e. The minimum Gasteiger partial charge on any atom is -0.481 e. The Morgan fingerprint density at radius 3 is 2.61 bits per heavy atom. The lowest BCUT2D eigenvalue weighted by Crippen LogP contribution is -2.36. The van der Waals surface area contributed by atoms with E-state index in [1.807, 2.05) is 26.0 Å². The van der Waals surface area contributed by atoms with Gasteiger partial charge in [0.15, 0.2) is 0 Å². The van der Waals surface area contributed by atoms with Crippen molar-refractivity contribution >= 4 is 27.8 Å². The summed E-state index contributed by atoms with van der Waals surface area (Å²) in [5.74, 6) is -1.17. The highest BCUT2D eigenvalue weighted by atomic mass is 79.9. The Morgan fingerprint density at radius 1 is 1.44 bits per heavy atom. The fourth-order valence-corrected chi connectivity index (χ4v) is 2.25. The van der Waals surface area contributed by atoms with E-state index in [0.717, 1.165) is 5.56 Å². The van der Waals surface area contributed by atoms with Crippen LogP contribution >= 0.6 is 15.9 Å². The second-order valence-electron chi connectivity index (χ2n) is 4.16. The van der Waals surface area contributed by atoms with E-state index in [4.69, 9.17) is 5.11 Å². The van der Waals surface area contributed by atoms with Crippen LogP contribution in [0.15, 0.2) is 22.7 Å². The minimum atomic E-state index is -0.912. The number of hydrogen-bond donors (Lipinski definition) is 2. The van der Waals surface area contributed by atoms with Crippen molar-refractivity contribution in [2.24, 2.45) is 0 Å². The predicted molar refractivity (Wildman–Crippen MR) is 72.7 cm³/mol. The Balaban J connectivity index is 2.77. The van der Waals surface area contributed by atoms with Crippen molar-refractivity contribution in [3.63, 3.8) is 0 Å². The summed E-state index contributed by atoms with van der Waals surface area (Å²) in [6.45, 7) is 3.78. The number of benzene rings is 1. The van der Waals surface area contributed by atoms with E-state index in [-0.39, 0.29) is 18.4 Å². The summed E-state index contributed by atoms with van der Waals surface area (Å²) in [5, 5.41) is 11.5. The van der Waals surface area contributed by atoms with E-state index in [9.17, 15) is 9.59 Å². The number of carbonyl (C=O) groups is 2. The number of hydrogen-bond acceptors (Lipinski definition) is 2. The molecular formula is C13H16BrNO3. The Kier molecular flexibility index (Phi) is 5.34. The number of carbonyl (C=O) groups excluding carboxylic acids is 1. The summed E-state index contributed by atoms with van der Waals surface area (Å²) in [6.07, 6.45) is 0.521. The molecule has 98 valence electrons. The molecule has 0 fully saturated rings. The summed E-state index contributed by atoms with van der Waals surface area (Å²) < 4.78 is 0.713. The van der Waals surface area contributed by atoms with Gasteiger partial charge in [-0.05, 0) is 47.0 Å². The number of aliphatic carboxylic acids is 1. The SMILES string of the molecule is CCC(CC(=O)O)NC(=O)c1ccc(C)cc1Br. The monoisotopic (exact) mass is 313 g/mol. The predicted octanol–water partition coefficient (Wildman–Crippen LogP) is 2.74. The Morgan fingerprint density at radius 2 is 2.11 bits per heavy atom. The third-order valence-corrected chi connectivity index (χ3v) is 3.27. The lowest BCUT2D eigenvalue weighted by Gasteiger charge is -2.15. The lowest BCUT2D eigenvalue weighted by molar-refractivity contribution is -0.137. The molecule has 0 spiro atoms. The van der Waals surface area contributed by atoms with E-state index < -0.39 is 5.97 Å². The molecule has 2 N–H and O–H groups in total. The normalized spacial score (nSPS) is 11.9. The van der Waals surface area contributed by atoms with Crippen molar-refractivity contribution in [3.8, 4) is 0 Å². The highest BCUT2D eigenvalue weighted by Crippen LogP contribution is 2.18. The average molecular weight is 314 g/mol. The number of aryl methyl sites for hydroxylation is 1. The number of carboxylic acids is 1. The molecule has 18 heavy (non-hydrogen) atoms. The highest BCUT2D eigenvalue weighted by molar-refractivity contribution is 9.10. The molecule has 1 aromatic rings. The average Bonchev–Trinajstić information content (AvgIpc) is 2.27. The highest BCUT2D eigenvalue weighted by Gasteiger charge is 2.16. The first-order valence-corrected chi connectivity index (χ1v) is 6.52. The van der Waals surface area contributed by atoms with Gasteiger partial charge in [0.25, 0.3) is 5.91 Å². The van der Waals surface area contributed by atoms with E-state index in [0.29, 0.717) is 16.5 Å². The zero-order chi connectivity index (χ0) is 13.7. The van der Waals surface area contributed by atoms with Gasteiger partial charge in [0.1, 0.15) is 0 Å². The van der Waals surface area contributed by atoms with Crippen LogP contribution in [-0.2, 0) is 4.79 Å². The first-order chi connectivity index (χ1) is 8.43. The molecule has 0 radical (unpaired) electrons. The quantitative estimate of drug-likeness (QED) is 0.878. The van der Waals surface area contributed by atoms with Crippen LogP contribution < -0.4 is 5.32 Å². The van der Waals surface area contributed by atoms with Gasteiger partial charge in [-0.15, -0.1) is 0 Å². The molecule has 0 aliphatic rings. The standard InChI is InChI=1S/C13H16BrNO3/c1-3-9(7-12(16)17)15-13(18)10-5-4-8(2)6-11(10)14/h4-6,9H,3,7H2,1-2H3,(H,15,18)(H,16,17). The topological polar surface area (TPSA) is 66.4 Å². The van der Waals surface area contributed by atoms with E-state index >= 15 is 0 Å². The first kappa shape index (κ1) is 14.7. The summed E-state index contributed by atoms with van der Waals surface area (Å²) >= 11 is 3.33. The molecule has 1 aromatic carbocycles. The van der Waals surface area contributed by atoms with Crippen LogP contribution in [0.3, 0.4) is 0 Å². The molecule has 0 heterocycles. The Labute approximate surface area is 115 Å². The summed E-state index contributed by atoms with van der Waals surface area (Å²) in [5.41, 5.74) is 1.57. The van der Waals surface area contributed by atoms with Crippen LogP contribution in [-0.4, -0.2) is 23.0 Å². The van der Waals surface area contributed by atoms with Gasteiger partial charge >= 0.3 is 5.97 Å². The molecule has 0 aromatic heterocycles.